The van der Waals surface area contributed by atoms with Crippen LogP contribution in [0, 0.1) is 5.82 Å². The highest BCUT2D eigenvalue weighted by molar-refractivity contribution is 5.79. The van der Waals surface area contributed by atoms with Crippen LogP contribution in [0.2, 0.25) is 0 Å². The molecular formula is C18H20F3N3O2. The predicted octanol–water partition coefficient (Wildman–Crippen LogP) is 3.30. The summed E-state index contributed by atoms with van der Waals surface area (Å²) in [5.41, 5.74) is 1.26. The monoisotopic (exact) mass is 367 g/mol. The molecule has 0 aliphatic heterocycles. The van der Waals surface area contributed by atoms with Gasteiger partial charge in [0.05, 0.1) is 7.11 Å². The van der Waals surface area contributed by atoms with Gasteiger partial charge in [0.25, 0.3) is 0 Å². The molecule has 0 fully saturated rings. The molecule has 5 nitrogen and oxygen atoms in total. The number of para-hydroxylation sites is 1. The zero-order valence-electron chi connectivity index (χ0n) is 14.4. The maximum absolute atomic E-state index is 13.7. The van der Waals surface area contributed by atoms with Gasteiger partial charge < -0.3 is 20.1 Å². The van der Waals surface area contributed by atoms with E-state index in [4.69, 9.17) is 4.74 Å². The number of rotatable bonds is 7. The molecule has 0 saturated carbocycles. The number of hydrogen-bond donors (Lipinski definition) is 2. The van der Waals surface area contributed by atoms with Crippen LogP contribution >= 0.6 is 0 Å². The van der Waals surface area contributed by atoms with Crippen LogP contribution in [-0.2, 0) is 13.1 Å². The van der Waals surface area contributed by atoms with Crippen molar-refractivity contribution in [1.29, 1.82) is 0 Å². The van der Waals surface area contributed by atoms with Gasteiger partial charge in [0.2, 0.25) is 0 Å². The highest BCUT2D eigenvalue weighted by Crippen LogP contribution is 2.20. The van der Waals surface area contributed by atoms with Crippen molar-refractivity contribution in [2.24, 2.45) is 4.99 Å². The highest BCUT2D eigenvalue weighted by atomic mass is 19.3. The van der Waals surface area contributed by atoms with Crippen LogP contribution in [0.5, 0.6) is 11.5 Å². The minimum Gasteiger partial charge on any atom is -0.494 e. The van der Waals surface area contributed by atoms with Crippen LogP contribution < -0.4 is 20.1 Å². The van der Waals surface area contributed by atoms with Crippen molar-refractivity contribution in [3.05, 3.63) is 59.4 Å². The number of benzene rings is 2. The number of halogens is 3. The second kappa shape index (κ2) is 9.55. The van der Waals surface area contributed by atoms with E-state index in [-0.39, 0.29) is 18.0 Å². The number of alkyl halides is 2. The molecular weight excluding hydrogens is 347 g/mol. The van der Waals surface area contributed by atoms with Gasteiger partial charge >= 0.3 is 6.61 Å². The molecule has 0 bridgehead atoms. The molecule has 2 rings (SSSR count). The Kier molecular flexibility index (Phi) is 7.13. The summed E-state index contributed by atoms with van der Waals surface area (Å²) < 4.78 is 48.0. The van der Waals surface area contributed by atoms with E-state index in [0.717, 1.165) is 0 Å². The molecule has 2 N–H and O–H groups in total. The van der Waals surface area contributed by atoms with Crippen molar-refractivity contribution in [2.75, 3.05) is 14.2 Å². The predicted molar refractivity (Wildman–Crippen MR) is 93.1 cm³/mol. The average molecular weight is 367 g/mol. The number of aliphatic imine (C=N–C) groups is 1. The Bertz CT molecular complexity index is 754. The summed E-state index contributed by atoms with van der Waals surface area (Å²) >= 11 is 0. The lowest BCUT2D eigenvalue weighted by Gasteiger charge is -2.14. The van der Waals surface area contributed by atoms with Crippen molar-refractivity contribution in [2.45, 2.75) is 19.7 Å². The third-order valence-corrected chi connectivity index (χ3v) is 3.53. The molecule has 0 radical (unpaired) electrons. The van der Waals surface area contributed by atoms with Crippen LogP contribution in [0.1, 0.15) is 11.1 Å². The Hall–Kier alpha value is -2.90. The number of nitrogens with one attached hydrogen (secondary N) is 2. The molecule has 0 spiro atoms. The fourth-order valence-electron chi connectivity index (χ4n) is 2.27. The maximum atomic E-state index is 13.7. The van der Waals surface area contributed by atoms with Crippen LogP contribution in [0.15, 0.2) is 47.5 Å². The lowest BCUT2D eigenvalue weighted by atomic mass is 10.2. The zero-order chi connectivity index (χ0) is 18.9. The molecule has 2 aromatic carbocycles. The van der Waals surface area contributed by atoms with E-state index in [1.165, 1.54) is 19.2 Å². The largest absolute Gasteiger partial charge is 0.494 e. The third kappa shape index (κ3) is 5.58. The highest BCUT2D eigenvalue weighted by Gasteiger charge is 2.10. The summed E-state index contributed by atoms with van der Waals surface area (Å²) in [5.74, 6) is 0.260. The van der Waals surface area contributed by atoms with E-state index < -0.39 is 12.4 Å². The van der Waals surface area contributed by atoms with Gasteiger partial charge in [-0.05, 0) is 23.8 Å². The molecule has 2 aromatic rings. The van der Waals surface area contributed by atoms with Gasteiger partial charge in [-0.15, -0.1) is 0 Å². The molecule has 0 aromatic heterocycles. The van der Waals surface area contributed by atoms with Gasteiger partial charge in [-0.2, -0.15) is 8.78 Å². The summed E-state index contributed by atoms with van der Waals surface area (Å²) in [6.45, 7) is -2.33. The van der Waals surface area contributed by atoms with Crippen LogP contribution in [0.25, 0.3) is 0 Å². The second-order valence-electron chi connectivity index (χ2n) is 5.23. The Morgan fingerprint density at radius 1 is 1.08 bits per heavy atom. The Morgan fingerprint density at radius 3 is 2.46 bits per heavy atom. The van der Waals surface area contributed by atoms with Gasteiger partial charge in [0.15, 0.2) is 17.5 Å². The van der Waals surface area contributed by atoms with Crippen LogP contribution in [0.3, 0.4) is 0 Å². The van der Waals surface area contributed by atoms with E-state index in [9.17, 15) is 13.2 Å². The molecule has 140 valence electrons. The van der Waals surface area contributed by atoms with Crippen molar-refractivity contribution in [3.8, 4) is 11.5 Å². The van der Waals surface area contributed by atoms with E-state index in [2.05, 4.69) is 20.4 Å². The molecule has 0 heterocycles. The first-order valence-corrected chi connectivity index (χ1v) is 7.83. The second-order valence-corrected chi connectivity index (χ2v) is 5.23. The smallest absolute Gasteiger partial charge is 0.387 e. The summed E-state index contributed by atoms with van der Waals surface area (Å²) in [6, 6.07) is 11.1. The number of nitrogens with zero attached hydrogens (tertiary/aromatic N) is 1. The van der Waals surface area contributed by atoms with E-state index >= 15 is 0 Å². The minimum atomic E-state index is -2.89. The minimum absolute atomic E-state index is 0.0997. The molecule has 8 heteroatoms. The summed E-state index contributed by atoms with van der Waals surface area (Å²) in [5, 5.41) is 6.03. The van der Waals surface area contributed by atoms with Crippen LogP contribution in [-0.4, -0.2) is 26.7 Å². The van der Waals surface area contributed by atoms with Gasteiger partial charge in [-0.3, -0.25) is 4.99 Å². The molecule has 0 amide bonds. The molecule has 0 aliphatic rings. The fraction of sp³-hybridized carbons (Fsp3) is 0.278. The number of hydrogen-bond acceptors (Lipinski definition) is 3. The number of methoxy groups -OCH3 is 1. The Balaban J connectivity index is 1.93. The summed E-state index contributed by atoms with van der Waals surface area (Å²) in [7, 11) is 2.98. The topological polar surface area (TPSA) is 54.9 Å². The normalized spacial score (nSPS) is 11.4. The zero-order valence-corrected chi connectivity index (χ0v) is 14.4. The first-order chi connectivity index (χ1) is 12.5. The first kappa shape index (κ1) is 19.4. The molecule has 26 heavy (non-hydrogen) atoms. The average Bonchev–Trinajstić information content (AvgIpc) is 2.62. The lowest BCUT2D eigenvalue weighted by Crippen LogP contribution is -2.36. The molecule has 0 atom stereocenters. The molecule has 0 unspecified atom stereocenters. The van der Waals surface area contributed by atoms with Gasteiger partial charge in [-0.25, -0.2) is 4.39 Å². The van der Waals surface area contributed by atoms with Crippen molar-refractivity contribution >= 4 is 5.96 Å². The summed E-state index contributed by atoms with van der Waals surface area (Å²) in [4.78, 5) is 4.05. The Labute approximate surface area is 149 Å². The molecule has 0 aliphatic carbocycles. The maximum Gasteiger partial charge on any atom is 0.387 e. The molecule has 0 saturated heterocycles. The van der Waals surface area contributed by atoms with Gasteiger partial charge in [0, 0.05) is 25.7 Å². The SMILES string of the molecule is CN=C(NCc1ccc(OC)c(F)c1)NCc1ccccc1OC(F)F. The van der Waals surface area contributed by atoms with E-state index in [1.807, 2.05) is 0 Å². The standard InChI is InChI=1S/C18H20F3N3O2/c1-22-18(23-10-12-7-8-16(25-2)14(19)9-12)24-11-13-5-3-4-6-15(13)26-17(20)21/h3-9,17H,10-11H2,1-2H3,(H2,22,23,24). The van der Waals surface area contributed by atoms with E-state index in [1.54, 1.807) is 37.4 Å². The quantitative estimate of drug-likeness (QED) is 0.582. The summed E-state index contributed by atoms with van der Waals surface area (Å²) in [6.07, 6.45) is 0. The van der Waals surface area contributed by atoms with Crippen molar-refractivity contribution < 1.29 is 22.6 Å². The number of guanidine groups is 1. The van der Waals surface area contributed by atoms with Gasteiger partial charge in [0.1, 0.15) is 5.75 Å². The first-order valence-electron chi connectivity index (χ1n) is 7.83. The van der Waals surface area contributed by atoms with E-state index in [0.29, 0.717) is 23.6 Å². The van der Waals surface area contributed by atoms with Gasteiger partial charge in [-0.1, -0.05) is 24.3 Å². The third-order valence-electron chi connectivity index (χ3n) is 3.53. The van der Waals surface area contributed by atoms with Crippen LogP contribution in [0.4, 0.5) is 13.2 Å². The Morgan fingerprint density at radius 2 is 1.81 bits per heavy atom. The van der Waals surface area contributed by atoms with Crippen molar-refractivity contribution in [1.82, 2.24) is 10.6 Å². The fourth-order valence-corrected chi connectivity index (χ4v) is 2.27. The number of ether oxygens (including phenoxy) is 2. The van der Waals surface area contributed by atoms with Crippen molar-refractivity contribution in [3.63, 3.8) is 0 Å². The lowest BCUT2D eigenvalue weighted by molar-refractivity contribution is -0.0504.